The van der Waals surface area contributed by atoms with Crippen molar-refractivity contribution in [2.45, 2.75) is 33.6 Å². The smallest absolute Gasteiger partial charge is 0.267 e. The summed E-state index contributed by atoms with van der Waals surface area (Å²) in [6.45, 7) is 6.56. The third-order valence-corrected chi connectivity index (χ3v) is 5.98. The molecule has 2 aromatic rings. The summed E-state index contributed by atoms with van der Waals surface area (Å²) in [4.78, 5) is 17.1. The van der Waals surface area contributed by atoms with Gasteiger partial charge >= 0.3 is 0 Å². The Labute approximate surface area is 148 Å². The number of benzene rings is 1. The Bertz CT molecular complexity index is 910. The Kier molecular flexibility index (Phi) is 3.71. The molecule has 1 heterocycles. The number of pyridine rings is 1. The van der Waals surface area contributed by atoms with E-state index in [1.54, 1.807) is 0 Å². The van der Waals surface area contributed by atoms with E-state index in [-0.39, 0.29) is 5.91 Å². The van der Waals surface area contributed by atoms with Crippen molar-refractivity contribution < 1.29 is 4.79 Å². The Morgan fingerprint density at radius 1 is 1.36 bits per heavy atom. The second kappa shape index (κ2) is 5.80. The van der Waals surface area contributed by atoms with E-state index in [2.05, 4.69) is 35.4 Å². The minimum Gasteiger partial charge on any atom is -0.267 e. The fraction of sp³-hybridized carbons (Fsp3) is 0.381. The van der Waals surface area contributed by atoms with Crippen molar-refractivity contribution in [3.05, 3.63) is 53.2 Å². The summed E-state index contributed by atoms with van der Waals surface area (Å²) in [6.07, 6.45) is 6.46. The minimum absolute atomic E-state index is 0.194. The molecule has 4 heteroatoms. The molecule has 0 aliphatic heterocycles. The number of fused-ring (bicyclic) bond motifs is 2. The number of nitrogens with zero attached hydrogens (tertiary/aromatic N) is 2. The van der Waals surface area contributed by atoms with Crippen molar-refractivity contribution in [2.75, 3.05) is 0 Å². The Balaban J connectivity index is 1.53. The minimum atomic E-state index is -0.194. The molecule has 2 bridgehead atoms. The number of rotatable bonds is 3. The fourth-order valence-electron chi connectivity index (χ4n) is 4.27. The first-order chi connectivity index (χ1) is 12.0. The zero-order chi connectivity index (χ0) is 17.6. The average Bonchev–Trinajstić information content (AvgIpc) is 2.60. The lowest BCUT2D eigenvalue weighted by Gasteiger charge is -2.55. The molecule has 1 N–H and O–H groups in total. The summed E-state index contributed by atoms with van der Waals surface area (Å²) < 4.78 is 0. The molecule has 0 spiro atoms. The molecule has 3 aliphatic carbocycles. The maximum atomic E-state index is 12.6. The molecule has 128 valence electrons. The highest BCUT2D eigenvalue weighted by molar-refractivity contribution is 6.06. The number of hydrogen-bond acceptors (Lipinski definition) is 3. The number of amides is 1. The molecule has 1 fully saturated rings. The van der Waals surface area contributed by atoms with Crippen molar-refractivity contribution in [1.82, 2.24) is 10.4 Å². The van der Waals surface area contributed by atoms with Crippen LogP contribution in [-0.2, 0) is 0 Å². The lowest BCUT2D eigenvalue weighted by Crippen LogP contribution is -2.48. The van der Waals surface area contributed by atoms with E-state index in [0.717, 1.165) is 28.9 Å². The lowest BCUT2D eigenvalue weighted by atomic mass is 9.49. The topological polar surface area (TPSA) is 54.4 Å². The van der Waals surface area contributed by atoms with E-state index in [0.29, 0.717) is 16.9 Å². The number of carbonyl (C=O) groups is 1. The maximum absolute atomic E-state index is 12.6. The number of nitrogens with one attached hydrogen (secondary N) is 1. The van der Waals surface area contributed by atoms with Gasteiger partial charge in [-0.3, -0.25) is 9.78 Å². The molecule has 3 aliphatic rings. The van der Waals surface area contributed by atoms with Crippen LogP contribution in [0.4, 0.5) is 0 Å². The SMILES string of the molecule is Cc1cc(C(=O)N/N=C\C2=CC[C@H]3C[C@@H]2C3(C)C)c2ccccc2n1. The average molecular weight is 333 g/mol. The highest BCUT2D eigenvalue weighted by atomic mass is 16.2. The quantitative estimate of drug-likeness (QED) is 0.674. The van der Waals surface area contributed by atoms with Crippen LogP contribution in [0.2, 0.25) is 0 Å². The number of hydrogen-bond donors (Lipinski definition) is 1. The largest absolute Gasteiger partial charge is 0.272 e. The summed E-state index contributed by atoms with van der Waals surface area (Å²) in [7, 11) is 0. The molecule has 1 aromatic carbocycles. The molecule has 1 saturated carbocycles. The number of allylic oxidation sites excluding steroid dienone is 2. The van der Waals surface area contributed by atoms with Crippen LogP contribution in [0.25, 0.3) is 10.9 Å². The van der Waals surface area contributed by atoms with Crippen molar-refractivity contribution in [1.29, 1.82) is 0 Å². The molecular weight excluding hydrogens is 310 g/mol. The highest BCUT2D eigenvalue weighted by Crippen LogP contribution is 2.58. The number of hydrazone groups is 1. The van der Waals surface area contributed by atoms with Crippen LogP contribution in [0.5, 0.6) is 0 Å². The van der Waals surface area contributed by atoms with Crippen LogP contribution in [0, 0.1) is 24.2 Å². The molecule has 1 aromatic heterocycles. The molecule has 5 rings (SSSR count). The molecule has 25 heavy (non-hydrogen) atoms. The van der Waals surface area contributed by atoms with Crippen molar-refractivity contribution >= 4 is 23.0 Å². The summed E-state index contributed by atoms with van der Waals surface area (Å²) in [5.41, 5.74) is 6.57. The Hall–Kier alpha value is -2.49. The van der Waals surface area contributed by atoms with Crippen molar-refractivity contribution in [3.63, 3.8) is 0 Å². The predicted octanol–water partition coefficient (Wildman–Crippen LogP) is 4.25. The van der Waals surface area contributed by atoms with Gasteiger partial charge in [0, 0.05) is 11.1 Å². The van der Waals surface area contributed by atoms with E-state index in [9.17, 15) is 4.79 Å². The summed E-state index contributed by atoms with van der Waals surface area (Å²) in [5.74, 6) is 1.17. The van der Waals surface area contributed by atoms with Gasteiger partial charge in [0.2, 0.25) is 0 Å². The van der Waals surface area contributed by atoms with Gasteiger partial charge in [0.25, 0.3) is 5.91 Å². The van der Waals surface area contributed by atoms with Gasteiger partial charge in [-0.05, 0) is 54.7 Å². The summed E-state index contributed by atoms with van der Waals surface area (Å²) >= 11 is 0. The van der Waals surface area contributed by atoms with E-state index in [4.69, 9.17) is 0 Å². The molecule has 2 atom stereocenters. The van der Waals surface area contributed by atoms with Gasteiger partial charge in [0.05, 0.1) is 17.3 Å². The van der Waals surface area contributed by atoms with Crippen LogP contribution in [-0.4, -0.2) is 17.1 Å². The zero-order valence-corrected chi connectivity index (χ0v) is 14.9. The molecule has 0 saturated heterocycles. The number of aryl methyl sites for hydroxylation is 1. The number of para-hydroxylation sites is 1. The number of aromatic nitrogens is 1. The van der Waals surface area contributed by atoms with Crippen molar-refractivity contribution in [2.24, 2.45) is 22.4 Å². The van der Waals surface area contributed by atoms with Crippen LogP contribution in [0.1, 0.15) is 42.7 Å². The van der Waals surface area contributed by atoms with Crippen LogP contribution in [0.3, 0.4) is 0 Å². The van der Waals surface area contributed by atoms with Gasteiger partial charge < -0.3 is 0 Å². The van der Waals surface area contributed by atoms with Crippen LogP contribution in [0.15, 0.2) is 47.1 Å². The third-order valence-electron chi connectivity index (χ3n) is 5.98. The van der Waals surface area contributed by atoms with Gasteiger partial charge in [0.15, 0.2) is 0 Å². The third kappa shape index (κ3) is 2.66. The van der Waals surface area contributed by atoms with Gasteiger partial charge in [0.1, 0.15) is 0 Å². The maximum Gasteiger partial charge on any atom is 0.272 e. The van der Waals surface area contributed by atoms with E-state index < -0.39 is 0 Å². The molecule has 1 amide bonds. The van der Waals surface area contributed by atoms with Gasteiger partial charge in [-0.1, -0.05) is 38.1 Å². The van der Waals surface area contributed by atoms with Gasteiger partial charge in [-0.25, -0.2) is 5.43 Å². The Morgan fingerprint density at radius 2 is 2.16 bits per heavy atom. The molecule has 0 unspecified atom stereocenters. The highest BCUT2D eigenvalue weighted by Gasteiger charge is 2.50. The van der Waals surface area contributed by atoms with E-state index in [1.807, 2.05) is 43.5 Å². The normalized spacial score (nSPS) is 24.0. The lowest BCUT2D eigenvalue weighted by molar-refractivity contribution is -0.00126. The Morgan fingerprint density at radius 3 is 2.92 bits per heavy atom. The summed E-state index contributed by atoms with van der Waals surface area (Å²) in [5, 5.41) is 5.08. The second-order valence-electron chi connectivity index (χ2n) is 7.77. The predicted molar refractivity (Wildman–Crippen MR) is 101 cm³/mol. The van der Waals surface area contributed by atoms with Crippen LogP contribution < -0.4 is 5.43 Å². The van der Waals surface area contributed by atoms with E-state index >= 15 is 0 Å². The van der Waals surface area contributed by atoms with Crippen LogP contribution >= 0.6 is 0 Å². The fourth-order valence-corrected chi connectivity index (χ4v) is 4.27. The summed E-state index contributed by atoms with van der Waals surface area (Å²) in [6, 6.07) is 9.50. The second-order valence-corrected chi connectivity index (χ2v) is 7.77. The number of carbonyl (C=O) groups excluding carboxylic acids is 1. The molecular formula is C21H23N3O. The van der Waals surface area contributed by atoms with Gasteiger partial charge in [-0.15, -0.1) is 0 Å². The van der Waals surface area contributed by atoms with E-state index in [1.165, 1.54) is 12.0 Å². The van der Waals surface area contributed by atoms with Gasteiger partial charge in [-0.2, -0.15) is 5.10 Å². The first-order valence-electron chi connectivity index (χ1n) is 8.86. The first-order valence-corrected chi connectivity index (χ1v) is 8.86. The van der Waals surface area contributed by atoms with Crippen molar-refractivity contribution in [3.8, 4) is 0 Å². The monoisotopic (exact) mass is 333 g/mol. The molecule has 4 nitrogen and oxygen atoms in total. The standard InChI is InChI=1S/C21H23N3O/c1-13-10-17(16-6-4-5-7-19(16)23-13)20(25)24-22-12-14-8-9-15-11-18(14)21(15,2)3/h4-8,10,12,15,18H,9,11H2,1-3H3,(H,24,25)/b22-12-/t15-,18-/m0/s1. The zero-order valence-electron chi connectivity index (χ0n) is 14.9. The first kappa shape index (κ1) is 16.0. The molecule has 0 radical (unpaired) electrons.